The van der Waals surface area contributed by atoms with Crippen LogP contribution in [0.1, 0.15) is 48.4 Å². The third-order valence-electron chi connectivity index (χ3n) is 5.04. The number of carbonyl (C=O) groups is 2. The molecule has 0 aliphatic heterocycles. The summed E-state index contributed by atoms with van der Waals surface area (Å²) in [4.78, 5) is 29.0. The Bertz CT molecular complexity index is 832. The minimum absolute atomic E-state index is 0. The largest absolute Gasteiger partial charge is 0.507 e. The van der Waals surface area contributed by atoms with Crippen LogP contribution in [0.15, 0.2) is 42.5 Å². The Morgan fingerprint density at radius 2 is 1.50 bits per heavy atom. The number of anilines is 2. The molecule has 1 amide bonds. The van der Waals surface area contributed by atoms with Crippen LogP contribution in [0.25, 0.3) is 0 Å². The quantitative estimate of drug-likeness (QED) is 0.537. The van der Waals surface area contributed by atoms with E-state index in [0.29, 0.717) is 24.3 Å². The van der Waals surface area contributed by atoms with Gasteiger partial charge >= 0.3 is 0 Å². The fraction of sp³-hybridized carbons (Fsp3) is 0.391. The van der Waals surface area contributed by atoms with Crippen molar-refractivity contribution in [3.8, 4) is 5.75 Å². The summed E-state index contributed by atoms with van der Waals surface area (Å²) in [6, 6.07) is 12.1. The van der Waals surface area contributed by atoms with Gasteiger partial charge in [-0.05, 0) is 63.3 Å². The molecular weight excluding hydrogens is 402 g/mol. The number of hydrogen-bond acceptors (Lipinski definition) is 5. The van der Waals surface area contributed by atoms with Crippen LogP contribution in [0.5, 0.6) is 5.75 Å². The Labute approximate surface area is 185 Å². The zero-order chi connectivity index (χ0) is 21.4. The maximum atomic E-state index is 12.8. The van der Waals surface area contributed by atoms with Crippen molar-refractivity contribution in [3.63, 3.8) is 0 Å². The summed E-state index contributed by atoms with van der Waals surface area (Å²) >= 11 is 0. The van der Waals surface area contributed by atoms with Crippen LogP contribution in [0, 0.1) is 0 Å². The van der Waals surface area contributed by atoms with Crippen molar-refractivity contribution in [3.05, 3.63) is 53.6 Å². The summed E-state index contributed by atoms with van der Waals surface area (Å²) in [6.45, 7) is 11.0. The highest BCUT2D eigenvalue weighted by molar-refractivity contribution is 6.05. The van der Waals surface area contributed by atoms with Crippen LogP contribution in [0.3, 0.4) is 0 Å². The molecule has 2 N–H and O–H groups in total. The standard InChI is InChI=1S/C23H31N3O3.ClH/c1-5-25(6-2)16-21(28)22-19(10-9-11-20(22)27)24-18-14-12-17(13-15-18)23(29)26(7-3)8-4;/h9-15,24,27H,5-8,16H2,1-4H3;1H. The number of likely N-dealkylation sites (N-methyl/N-ethyl adjacent to an activating group) is 1. The second-order valence-electron chi connectivity index (χ2n) is 6.76. The van der Waals surface area contributed by atoms with Gasteiger partial charge in [-0.25, -0.2) is 0 Å². The number of amides is 1. The first-order chi connectivity index (χ1) is 13.9. The molecule has 0 fully saturated rings. The molecule has 164 valence electrons. The van der Waals surface area contributed by atoms with E-state index in [0.717, 1.165) is 18.8 Å². The molecule has 0 radical (unpaired) electrons. The Hall–Kier alpha value is -2.57. The highest BCUT2D eigenvalue weighted by Crippen LogP contribution is 2.29. The summed E-state index contributed by atoms with van der Waals surface area (Å²) < 4.78 is 0. The first-order valence-electron chi connectivity index (χ1n) is 10.2. The fourth-order valence-electron chi connectivity index (χ4n) is 3.21. The zero-order valence-corrected chi connectivity index (χ0v) is 19.0. The Balaban J connectivity index is 0.00000450. The molecule has 0 heterocycles. The molecule has 0 aliphatic carbocycles. The summed E-state index contributed by atoms with van der Waals surface area (Å²) in [5.41, 5.74) is 2.18. The lowest BCUT2D eigenvalue weighted by molar-refractivity contribution is 0.0772. The van der Waals surface area contributed by atoms with E-state index in [1.54, 1.807) is 41.3 Å². The van der Waals surface area contributed by atoms with Gasteiger partial charge in [0.25, 0.3) is 5.91 Å². The molecule has 0 aliphatic rings. The molecule has 6 nitrogen and oxygen atoms in total. The van der Waals surface area contributed by atoms with Gasteiger partial charge < -0.3 is 15.3 Å². The van der Waals surface area contributed by atoms with Crippen molar-refractivity contribution in [2.75, 3.05) is 38.0 Å². The predicted molar refractivity (Wildman–Crippen MR) is 124 cm³/mol. The van der Waals surface area contributed by atoms with Crippen LogP contribution < -0.4 is 5.32 Å². The van der Waals surface area contributed by atoms with Crippen LogP contribution in [0.2, 0.25) is 0 Å². The molecule has 0 aromatic heterocycles. The van der Waals surface area contributed by atoms with E-state index < -0.39 is 0 Å². The predicted octanol–water partition coefficient (Wildman–Crippen LogP) is 4.56. The number of Topliss-reactive ketones (excluding diaryl/α,β-unsaturated/α-hetero) is 1. The van der Waals surface area contributed by atoms with Gasteiger partial charge in [0.1, 0.15) is 5.75 Å². The van der Waals surface area contributed by atoms with E-state index in [2.05, 4.69) is 5.32 Å². The van der Waals surface area contributed by atoms with Gasteiger partial charge in [0.2, 0.25) is 0 Å². The van der Waals surface area contributed by atoms with Crippen molar-refractivity contribution in [2.24, 2.45) is 0 Å². The van der Waals surface area contributed by atoms with Crippen molar-refractivity contribution >= 4 is 35.5 Å². The summed E-state index contributed by atoms with van der Waals surface area (Å²) in [7, 11) is 0. The maximum Gasteiger partial charge on any atom is 0.253 e. The van der Waals surface area contributed by atoms with E-state index in [4.69, 9.17) is 0 Å². The average Bonchev–Trinajstić information content (AvgIpc) is 2.73. The van der Waals surface area contributed by atoms with Crippen LogP contribution >= 0.6 is 12.4 Å². The molecule has 2 aromatic carbocycles. The Morgan fingerprint density at radius 1 is 0.900 bits per heavy atom. The van der Waals surface area contributed by atoms with Crippen molar-refractivity contribution in [2.45, 2.75) is 27.7 Å². The lowest BCUT2D eigenvalue weighted by Crippen LogP contribution is -2.30. The number of rotatable bonds is 10. The molecular formula is C23H32ClN3O3. The molecule has 0 spiro atoms. The minimum Gasteiger partial charge on any atom is -0.507 e. The number of nitrogens with zero attached hydrogens (tertiary/aromatic N) is 2. The van der Waals surface area contributed by atoms with E-state index in [1.807, 2.05) is 32.6 Å². The van der Waals surface area contributed by atoms with E-state index in [1.165, 1.54) is 6.07 Å². The third kappa shape index (κ3) is 6.21. The normalized spacial score (nSPS) is 10.4. The molecule has 0 bridgehead atoms. The molecule has 2 rings (SSSR count). The molecule has 0 saturated heterocycles. The number of phenolic OH excluding ortho intramolecular Hbond substituents is 1. The summed E-state index contributed by atoms with van der Waals surface area (Å²) in [6.07, 6.45) is 0. The average molecular weight is 434 g/mol. The zero-order valence-electron chi connectivity index (χ0n) is 18.1. The van der Waals surface area contributed by atoms with Crippen LogP contribution in [-0.4, -0.2) is 59.3 Å². The number of phenols is 1. The second kappa shape index (κ2) is 12.2. The van der Waals surface area contributed by atoms with Crippen molar-refractivity contribution in [1.82, 2.24) is 9.80 Å². The highest BCUT2D eigenvalue weighted by Gasteiger charge is 2.19. The summed E-state index contributed by atoms with van der Waals surface area (Å²) in [5, 5.41) is 13.5. The first-order valence-corrected chi connectivity index (χ1v) is 10.2. The van der Waals surface area contributed by atoms with Gasteiger partial charge in [-0.3, -0.25) is 14.5 Å². The maximum absolute atomic E-state index is 12.8. The van der Waals surface area contributed by atoms with Gasteiger partial charge in [0.15, 0.2) is 5.78 Å². The summed E-state index contributed by atoms with van der Waals surface area (Å²) in [5.74, 6) is -0.183. The van der Waals surface area contributed by atoms with Crippen LogP contribution in [-0.2, 0) is 0 Å². The van der Waals surface area contributed by atoms with Crippen molar-refractivity contribution < 1.29 is 14.7 Å². The molecule has 0 unspecified atom stereocenters. The molecule has 0 atom stereocenters. The van der Waals surface area contributed by atoms with Gasteiger partial charge in [0, 0.05) is 24.3 Å². The van der Waals surface area contributed by atoms with Gasteiger partial charge in [-0.2, -0.15) is 0 Å². The number of aromatic hydroxyl groups is 1. The third-order valence-corrected chi connectivity index (χ3v) is 5.04. The lowest BCUT2D eigenvalue weighted by Gasteiger charge is -2.20. The molecule has 7 heteroatoms. The number of halogens is 1. The van der Waals surface area contributed by atoms with Crippen molar-refractivity contribution in [1.29, 1.82) is 0 Å². The highest BCUT2D eigenvalue weighted by atomic mass is 35.5. The smallest absolute Gasteiger partial charge is 0.253 e. The van der Waals surface area contributed by atoms with Crippen LogP contribution in [0.4, 0.5) is 11.4 Å². The second-order valence-corrected chi connectivity index (χ2v) is 6.76. The Morgan fingerprint density at radius 3 is 2.03 bits per heavy atom. The topological polar surface area (TPSA) is 72.9 Å². The fourth-order valence-corrected chi connectivity index (χ4v) is 3.21. The first kappa shape index (κ1) is 25.5. The van der Waals surface area contributed by atoms with Gasteiger partial charge in [-0.15, -0.1) is 12.4 Å². The molecule has 2 aromatic rings. The molecule has 30 heavy (non-hydrogen) atoms. The lowest BCUT2D eigenvalue weighted by atomic mass is 10.1. The number of benzene rings is 2. The number of hydrogen-bond donors (Lipinski definition) is 2. The van der Waals surface area contributed by atoms with Gasteiger partial charge in [-0.1, -0.05) is 19.9 Å². The number of ketones is 1. The van der Waals surface area contributed by atoms with E-state index in [9.17, 15) is 14.7 Å². The number of carbonyl (C=O) groups excluding carboxylic acids is 2. The monoisotopic (exact) mass is 433 g/mol. The number of nitrogens with one attached hydrogen (secondary N) is 1. The van der Waals surface area contributed by atoms with E-state index >= 15 is 0 Å². The van der Waals surface area contributed by atoms with E-state index in [-0.39, 0.29) is 42.0 Å². The Kier molecular flexibility index (Phi) is 10.4. The SMILES string of the molecule is CCN(CC)CC(=O)c1c(O)cccc1Nc1ccc(C(=O)N(CC)CC)cc1.Cl. The molecule has 0 saturated carbocycles. The van der Waals surface area contributed by atoms with Gasteiger partial charge in [0.05, 0.1) is 17.8 Å². The minimum atomic E-state index is -0.136.